The minimum atomic E-state index is -2.42. The number of halogens is 2. The molecule has 0 spiro atoms. The first-order chi connectivity index (χ1) is 7.65. The molecular weight excluding hydrogens is 216 g/mol. The van der Waals surface area contributed by atoms with Crippen LogP contribution in [0, 0.1) is 0 Å². The summed E-state index contributed by atoms with van der Waals surface area (Å²) in [6, 6.07) is -0.271. The summed E-state index contributed by atoms with van der Waals surface area (Å²) < 4.78 is 30.3. The molecule has 0 amide bonds. The molecule has 0 bridgehead atoms. The predicted molar refractivity (Wildman–Crippen MR) is 56.3 cm³/mol. The number of aryl methyl sites for hydroxylation is 1. The monoisotopic (exact) mass is 233 g/mol. The molecule has 0 saturated carbocycles. The molecule has 0 aromatic carbocycles. The second-order valence-corrected chi connectivity index (χ2v) is 3.43. The maximum atomic E-state index is 11.8. The maximum Gasteiger partial charge on any atom is 0.261 e. The molecule has 4 nitrogen and oxygen atoms in total. The Bertz CT molecular complexity index is 304. The average molecular weight is 233 g/mol. The molecule has 1 aromatic rings. The van der Waals surface area contributed by atoms with E-state index in [-0.39, 0.29) is 12.6 Å². The van der Waals surface area contributed by atoms with Gasteiger partial charge in [-0.25, -0.2) is 13.8 Å². The van der Waals surface area contributed by atoms with E-state index < -0.39 is 13.0 Å². The van der Waals surface area contributed by atoms with Gasteiger partial charge in [-0.15, -0.1) is 0 Å². The lowest BCUT2D eigenvalue weighted by Crippen LogP contribution is -2.19. The largest absolute Gasteiger partial charge is 0.375 e. The summed E-state index contributed by atoms with van der Waals surface area (Å²) in [5, 5.41) is 0. The first kappa shape index (κ1) is 13.1. The first-order valence-electron chi connectivity index (χ1n) is 5.27. The van der Waals surface area contributed by atoms with Gasteiger partial charge in [-0.1, -0.05) is 0 Å². The quantitative estimate of drug-likeness (QED) is 0.727. The van der Waals surface area contributed by atoms with Gasteiger partial charge in [0.05, 0.1) is 6.04 Å². The van der Waals surface area contributed by atoms with E-state index in [9.17, 15) is 8.78 Å². The minimum Gasteiger partial charge on any atom is -0.375 e. The van der Waals surface area contributed by atoms with Crippen molar-refractivity contribution in [3.05, 3.63) is 18.2 Å². The van der Waals surface area contributed by atoms with Crippen LogP contribution in [0.25, 0.3) is 0 Å². The van der Waals surface area contributed by atoms with E-state index in [1.165, 1.54) is 0 Å². The van der Waals surface area contributed by atoms with Crippen molar-refractivity contribution in [1.82, 2.24) is 9.55 Å². The van der Waals surface area contributed by atoms with Crippen LogP contribution in [0.15, 0.2) is 12.4 Å². The van der Waals surface area contributed by atoms with Gasteiger partial charge >= 0.3 is 0 Å². The molecular formula is C10H17F2N3O. The molecule has 1 rings (SSSR count). The molecule has 0 aliphatic rings. The van der Waals surface area contributed by atoms with Crippen LogP contribution in [-0.4, -0.2) is 29.2 Å². The fraction of sp³-hybridized carbons (Fsp3) is 0.700. The van der Waals surface area contributed by atoms with Crippen molar-refractivity contribution in [2.75, 3.05) is 13.2 Å². The molecule has 1 heterocycles. The van der Waals surface area contributed by atoms with Crippen molar-refractivity contribution in [2.45, 2.75) is 32.4 Å². The molecule has 0 fully saturated rings. The third-order valence-electron chi connectivity index (χ3n) is 2.24. The van der Waals surface area contributed by atoms with Crippen LogP contribution in [-0.2, 0) is 11.3 Å². The molecule has 0 saturated heterocycles. The van der Waals surface area contributed by atoms with Gasteiger partial charge in [0.2, 0.25) is 0 Å². The molecule has 0 radical (unpaired) electrons. The third-order valence-corrected chi connectivity index (χ3v) is 2.24. The van der Waals surface area contributed by atoms with E-state index in [0.717, 1.165) is 12.4 Å². The number of nitrogens with two attached hydrogens (primary N) is 1. The third kappa shape index (κ3) is 3.86. The van der Waals surface area contributed by atoms with Gasteiger partial charge < -0.3 is 15.0 Å². The summed E-state index contributed by atoms with van der Waals surface area (Å²) in [5.74, 6) is 0.767. The lowest BCUT2D eigenvalue weighted by Gasteiger charge is -2.12. The van der Waals surface area contributed by atoms with Crippen molar-refractivity contribution in [1.29, 1.82) is 0 Å². The summed E-state index contributed by atoms with van der Waals surface area (Å²) in [7, 11) is 0. The van der Waals surface area contributed by atoms with Gasteiger partial charge in [0.25, 0.3) is 6.43 Å². The van der Waals surface area contributed by atoms with Crippen molar-refractivity contribution >= 4 is 0 Å². The molecule has 0 aliphatic heterocycles. The van der Waals surface area contributed by atoms with Crippen LogP contribution in [0.4, 0.5) is 8.78 Å². The van der Waals surface area contributed by atoms with Crippen LogP contribution >= 0.6 is 0 Å². The highest BCUT2D eigenvalue weighted by molar-refractivity contribution is 4.98. The Balaban J connectivity index is 2.32. The number of hydrogen-bond donors (Lipinski definition) is 1. The summed E-state index contributed by atoms with van der Waals surface area (Å²) in [4.78, 5) is 4.14. The highest BCUT2D eigenvalue weighted by Gasteiger charge is 2.12. The normalized spacial score (nSPS) is 13.3. The van der Waals surface area contributed by atoms with Gasteiger partial charge in [-0.05, 0) is 13.3 Å². The van der Waals surface area contributed by atoms with E-state index in [1.54, 1.807) is 6.20 Å². The van der Waals surface area contributed by atoms with Crippen molar-refractivity contribution < 1.29 is 13.5 Å². The Morgan fingerprint density at radius 3 is 2.94 bits per heavy atom. The standard InChI is InChI=1S/C10H17F2N3O/c1-2-15-5-4-14-10(15)8(13)3-6-16-7-9(11)12/h4-5,8-9H,2-3,6-7,13H2,1H3. The highest BCUT2D eigenvalue weighted by atomic mass is 19.3. The van der Waals surface area contributed by atoms with Crippen LogP contribution in [0.5, 0.6) is 0 Å². The number of hydrogen-bond acceptors (Lipinski definition) is 3. The van der Waals surface area contributed by atoms with Crippen LogP contribution in [0.2, 0.25) is 0 Å². The van der Waals surface area contributed by atoms with Gasteiger partial charge in [0.15, 0.2) is 0 Å². The predicted octanol–water partition coefficient (Wildman–Crippen LogP) is 1.57. The molecule has 1 unspecified atom stereocenters. The Morgan fingerprint density at radius 1 is 1.56 bits per heavy atom. The molecule has 2 N–H and O–H groups in total. The van der Waals surface area contributed by atoms with E-state index in [1.807, 2.05) is 17.7 Å². The number of imidazole rings is 1. The van der Waals surface area contributed by atoms with E-state index in [2.05, 4.69) is 4.98 Å². The van der Waals surface area contributed by atoms with Gasteiger partial charge in [-0.3, -0.25) is 0 Å². The Morgan fingerprint density at radius 2 is 2.31 bits per heavy atom. The van der Waals surface area contributed by atoms with Crippen molar-refractivity contribution in [3.8, 4) is 0 Å². The summed E-state index contributed by atoms with van der Waals surface area (Å²) >= 11 is 0. The highest BCUT2D eigenvalue weighted by Crippen LogP contribution is 2.12. The van der Waals surface area contributed by atoms with Gasteiger partial charge in [-0.2, -0.15) is 0 Å². The summed E-state index contributed by atoms with van der Waals surface area (Å²) in [6.45, 7) is 2.48. The smallest absolute Gasteiger partial charge is 0.261 e. The lowest BCUT2D eigenvalue weighted by molar-refractivity contribution is 0.0150. The van der Waals surface area contributed by atoms with Crippen LogP contribution in [0.1, 0.15) is 25.2 Å². The number of nitrogens with zero attached hydrogens (tertiary/aromatic N) is 2. The number of rotatable bonds is 7. The molecule has 16 heavy (non-hydrogen) atoms. The second kappa shape index (κ2) is 6.55. The molecule has 92 valence electrons. The van der Waals surface area contributed by atoms with Crippen LogP contribution in [0.3, 0.4) is 0 Å². The summed E-state index contributed by atoms with van der Waals surface area (Å²) in [5.41, 5.74) is 5.88. The lowest BCUT2D eigenvalue weighted by atomic mass is 10.2. The zero-order valence-corrected chi connectivity index (χ0v) is 9.27. The van der Waals surface area contributed by atoms with Gasteiger partial charge in [0, 0.05) is 25.5 Å². The Kier molecular flexibility index (Phi) is 5.34. The molecule has 1 atom stereocenters. The SMILES string of the molecule is CCn1ccnc1C(N)CCOCC(F)F. The van der Waals surface area contributed by atoms with Crippen molar-refractivity contribution in [2.24, 2.45) is 5.73 Å². The molecule has 6 heteroatoms. The number of alkyl halides is 2. The number of aromatic nitrogens is 2. The Labute approximate surface area is 93.4 Å². The van der Waals surface area contributed by atoms with Crippen LogP contribution < -0.4 is 5.73 Å². The van der Waals surface area contributed by atoms with Gasteiger partial charge in [0.1, 0.15) is 12.4 Å². The maximum absolute atomic E-state index is 11.8. The van der Waals surface area contributed by atoms with E-state index in [4.69, 9.17) is 10.5 Å². The minimum absolute atomic E-state index is 0.224. The van der Waals surface area contributed by atoms with E-state index in [0.29, 0.717) is 6.42 Å². The number of ether oxygens (including phenoxy) is 1. The first-order valence-corrected chi connectivity index (χ1v) is 5.27. The van der Waals surface area contributed by atoms with Crippen molar-refractivity contribution in [3.63, 3.8) is 0 Å². The van der Waals surface area contributed by atoms with E-state index >= 15 is 0 Å². The zero-order chi connectivity index (χ0) is 12.0. The zero-order valence-electron chi connectivity index (χ0n) is 9.27. The topological polar surface area (TPSA) is 53.1 Å². The fourth-order valence-corrected chi connectivity index (χ4v) is 1.43. The second-order valence-electron chi connectivity index (χ2n) is 3.43. The molecule has 0 aliphatic carbocycles. The summed E-state index contributed by atoms with van der Waals surface area (Å²) in [6.07, 6.45) is 1.59. The average Bonchev–Trinajstić information content (AvgIpc) is 2.71. The molecule has 1 aromatic heterocycles. The fourth-order valence-electron chi connectivity index (χ4n) is 1.43. The Hall–Kier alpha value is -1.01.